The first-order valence-electron chi connectivity index (χ1n) is 7.30. The number of hydrogen-bond donors (Lipinski definition) is 2. The fraction of sp³-hybridized carbons (Fsp3) is 0.400. The summed E-state index contributed by atoms with van der Waals surface area (Å²) < 4.78 is 28.6. The number of benzene rings is 1. The highest BCUT2D eigenvalue weighted by Gasteiger charge is 2.13. The van der Waals surface area contributed by atoms with E-state index in [1.54, 1.807) is 31.3 Å². The quantitative estimate of drug-likeness (QED) is 0.821. The molecule has 120 valence electrons. The van der Waals surface area contributed by atoms with Gasteiger partial charge in [0.25, 0.3) is 0 Å². The number of rotatable bonds is 7. The summed E-state index contributed by atoms with van der Waals surface area (Å²) in [7, 11) is -3.46. The van der Waals surface area contributed by atoms with Gasteiger partial charge >= 0.3 is 0 Å². The normalized spacial score (nSPS) is 11.8. The molecule has 0 amide bonds. The second-order valence-corrected chi connectivity index (χ2v) is 7.22. The van der Waals surface area contributed by atoms with E-state index >= 15 is 0 Å². The predicted octanol–water partition coefficient (Wildman–Crippen LogP) is 2.58. The second kappa shape index (κ2) is 6.93. The van der Waals surface area contributed by atoms with Crippen LogP contribution < -0.4 is 10.0 Å². The van der Waals surface area contributed by atoms with E-state index in [1.807, 2.05) is 16.8 Å². The van der Waals surface area contributed by atoms with E-state index in [0.717, 1.165) is 6.54 Å². The molecule has 0 saturated heterocycles. The second-order valence-electron chi connectivity index (χ2n) is 5.45. The van der Waals surface area contributed by atoms with Crippen molar-refractivity contribution in [3.63, 3.8) is 0 Å². The van der Waals surface area contributed by atoms with E-state index in [4.69, 9.17) is 0 Å². The van der Waals surface area contributed by atoms with E-state index in [2.05, 4.69) is 28.9 Å². The Balaban J connectivity index is 2.23. The zero-order chi connectivity index (χ0) is 16.2. The van der Waals surface area contributed by atoms with Gasteiger partial charge in [-0.3, -0.25) is 0 Å². The first kappa shape index (κ1) is 16.5. The van der Waals surface area contributed by atoms with Crippen molar-refractivity contribution in [1.29, 1.82) is 0 Å². The van der Waals surface area contributed by atoms with Crippen molar-refractivity contribution in [1.82, 2.24) is 14.3 Å². The summed E-state index contributed by atoms with van der Waals surface area (Å²) in [6.45, 7) is 7.22. The summed E-state index contributed by atoms with van der Waals surface area (Å²) in [5, 5.41) is 3.17. The van der Waals surface area contributed by atoms with Crippen LogP contribution in [0.1, 0.15) is 20.8 Å². The van der Waals surface area contributed by atoms with Crippen LogP contribution in [-0.2, 0) is 16.6 Å². The van der Waals surface area contributed by atoms with E-state index in [9.17, 15) is 8.42 Å². The van der Waals surface area contributed by atoms with Gasteiger partial charge < -0.3 is 9.88 Å². The van der Waals surface area contributed by atoms with Gasteiger partial charge in [0.1, 0.15) is 0 Å². The zero-order valence-electron chi connectivity index (χ0n) is 13.1. The van der Waals surface area contributed by atoms with Gasteiger partial charge in [-0.1, -0.05) is 26.8 Å². The highest BCUT2D eigenvalue weighted by Crippen LogP contribution is 2.19. The van der Waals surface area contributed by atoms with E-state index in [0.29, 0.717) is 24.1 Å². The molecule has 2 aromatic rings. The van der Waals surface area contributed by atoms with Gasteiger partial charge in [0.15, 0.2) is 0 Å². The molecule has 0 unspecified atom stereocenters. The Morgan fingerprint density at radius 2 is 2.09 bits per heavy atom. The molecular formula is C15H22N4O2S. The van der Waals surface area contributed by atoms with Crippen molar-refractivity contribution >= 4 is 21.7 Å². The van der Waals surface area contributed by atoms with Crippen molar-refractivity contribution in [3.05, 3.63) is 36.7 Å². The molecule has 1 heterocycles. The highest BCUT2D eigenvalue weighted by molar-refractivity contribution is 7.89. The fourth-order valence-corrected chi connectivity index (χ4v) is 3.20. The Morgan fingerprint density at radius 3 is 2.77 bits per heavy atom. The smallest absolute Gasteiger partial charge is 0.240 e. The monoisotopic (exact) mass is 322 g/mol. The number of anilines is 2. The van der Waals surface area contributed by atoms with E-state index in [1.165, 1.54) is 0 Å². The summed E-state index contributed by atoms with van der Waals surface area (Å²) in [6, 6.07) is 6.71. The molecule has 0 spiro atoms. The average Bonchev–Trinajstić information content (AvgIpc) is 2.85. The number of aromatic nitrogens is 2. The molecule has 0 bridgehead atoms. The maximum Gasteiger partial charge on any atom is 0.240 e. The molecule has 22 heavy (non-hydrogen) atoms. The third kappa shape index (κ3) is 4.08. The minimum atomic E-state index is -3.46. The first-order valence-corrected chi connectivity index (χ1v) is 8.78. The molecule has 1 aromatic heterocycles. The van der Waals surface area contributed by atoms with Gasteiger partial charge in [-0.2, -0.15) is 0 Å². The minimum absolute atomic E-state index is 0.237. The van der Waals surface area contributed by atoms with E-state index < -0.39 is 10.0 Å². The number of nitrogens with one attached hydrogen (secondary N) is 2. The molecule has 0 radical (unpaired) electrons. The van der Waals surface area contributed by atoms with Crippen LogP contribution in [0.5, 0.6) is 0 Å². The molecule has 0 aliphatic carbocycles. The Morgan fingerprint density at radius 1 is 1.32 bits per heavy atom. The lowest BCUT2D eigenvalue weighted by molar-refractivity contribution is 0.527. The van der Waals surface area contributed by atoms with Gasteiger partial charge in [0, 0.05) is 31.2 Å². The van der Waals surface area contributed by atoms with Crippen LogP contribution in [0, 0.1) is 5.92 Å². The first-order chi connectivity index (χ1) is 10.4. The number of sulfonamides is 1. The van der Waals surface area contributed by atoms with Gasteiger partial charge in [0.2, 0.25) is 16.0 Å². The highest BCUT2D eigenvalue weighted by atomic mass is 32.2. The molecule has 7 heteroatoms. The Hall–Kier alpha value is -1.86. The van der Waals surface area contributed by atoms with Crippen LogP contribution >= 0.6 is 0 Å². The molecule has 0 saturated carbocycles. The van der Waals surface area contributed by atoms with Crippen molar-refractivity contribution in [2.45, 2.75) is 32.2 Å². The van der Waals surface area contributed by atoms with Crippen LogP contribution in [0.2, 0.25) is 0 Å². The van der Waals surface area contributed by atoms with Crippen LogP contribution in [0.15, 0.2) is 41.6 Å². The summed E-state index contributed by atoms with van der Waals surface area (Å²) >= 11 is 0. The van der Waals surface area contributed by atoms with Crippen LogP contribution in [-0.4, -0.2) is 24.5 Å². The third-order valence-corrected chi connectivity index (χ3v) is 4.56. The van der Waals surface area contributed by atoms with Crippen molar-refractivity contribution < 1.29 is 8.42 Å². The summed E-state index contributed by atoms with van der Waals surface area (Å²) in [6.07, 6.45) is 3.63. The standard InChI is InChI=1S/C15H22N4O2S/c1-4-17-22(20,21)14-7-5-6-13(10-14)18-15-16-8-9-19(15)11-12(2)3/h5-10,12,17H,4,11H2,1-3H3,(H,16,18). The molecule has 0 fully saturated rings. The number of hydrogen-bond acceptors (Lipinski definition) is 4. The SMILES string of the molecule is CCNS(=O)(=O)c1cccc(Nc2nccn2CC(C)C)c1. The lowest BCUT2D eigenvalue weighted by Gasteiger charge is -2.12. The van der Waals surface area contributed by atoms with Gasteiger partial charge in [-0.15, -0.1) is 0 Å². The topological polar surface area (TPSA) is 76.0 Å². The third-order valence-electron chi connectivity index (χ3n) is 3.01. The van der Waals surface area contributed by atoms with Crippen molar-refractivity contribution in [3.8, 4) is 0 Å². The van der Waals surface area contributed by atoms with Crippen LogP contribution in [0.25, 0.3) is 0 Å². The summed E-state index contributed by atoms with van der Waals surface area (Å²) in [4.78, 5) is 4.52. The maximum absolute atomic E-state index is 12.0. The molecule has 0 atom stereocenters. The van der Waals surface area contributed by atoms with Crippen molar-refractivity contribution in [2.75, 3.05) is 11.9 Å². The predicted molar refractivity (Wildman–Crippen MR) is 87.7 cm³/mol. The Bertz CT molecular complexity index is 723. The molecule has 1 aromatic carbocycles. The van der Waals surface area contributed by atoms with Gasteiger partial charge in [0.05, 0.1) is 4.90 Å². The molecule has 0 aliphatic heterocycles. The zero-order valence-corrected chi connectivity index (χ0v) is 13.9. The summed E-state index contributed by atoms with van der Waals surface area (Å²) in [5.74, 6) is 1.20. The Kier molecular flexibility index (Phi) is 5.20. The minimum Gasteiger partial charge on any atom is -0.326 e. The molecule has 0 aliphatic rings. The lowest BCUT2D eigenvalue weighted by atomic mass is 10.2. The molecule has 2 rings (SSSR count). The molecular weight excluding hydrogens is 300 g/mol. The number of nitrogens with zero attached hydrogens (tertiary/aromatic N) is 2. The Labute approximate surface area is 131 Å². The van der Waals surface area contributed by atoms with Crippen molar-refractivity contribution in [2.24, 2.45) is 5.92 Å². The molecule has 6 nitrogen and oxygen atoms in total. The van der Waals surface area contributed by atoms with Gasteiger partial charge in [-0.05, 0) is 24.1 Å². The van der Waals surface area contributed by atoms with Gasteiger partial charge in [-0.25, -0.2) is 18.1 Å². The largest absolute Gasteiger partial charge is 0.326 e. The lowest BCUT2D eigenvalue weighted by Crippen LogP contribution is -2.23. The maximum atomic E-state index is 12.0. The van der Waals surface area contributed by atoms with Crippen LogP contribution in [0.4, 0.5) is 11.6 Å². The van der Waals surface area contributed by atoms with E-state index in [-0.39, 0.29) is 4.90 Å². The number of imidazole rings is 1. The van der Waals surface area contributed by atoms with Crippen LogP contribution in [0.3, 0.4) is 0 Å². The average molecular weight is 322 g/mol. The summed E-state index contributed by atoms with van der Waals surface area (Å²) in [5.41, 5.74) is 0.690. The fourth-order valence-electron chi connectivity index (χ4n) is 2.12. The molecule has 2 N–H and O–H groups in total.